The predicted octanol–water partition coefficient (Wildman–Crippen LogP) is 5.24. The molecule has 4 rings (SSSR count). The third-order valence-corrected chi connectivity index (χ3v) is 7.44. The van der Waals surface area contributed by atoms with Crippen molar-refractivity contribution in [2.24, 2.45) is 0 Å². The van der Waals surface area contributed by atoms with Gasteiger partial charge in [-0.25, -0.2) is 12.7 Å². The van der Waals surface area contributed by atoms with Gasteiger partial charge in [-0.1, -0.05) is 31.2 Å². The number of halogens is 1. The molecular weight excluding hydrogens is 484 g/mol. The van der Waals surface area contributed by atoms with E-state index in [9.17, 15) is 13.2 Å². The summed E-state index contributed by atoms with van der Waals surface area (Å²) in [6, 6.07) is 16.8. The van der Waals surface area contributed by atoms with Gasteiger partial charge in [0.2, 0.25) is 10.0 Å². The maximum absolute atomic E-state index is 13.2. The van der Waals surface area contributed by atoms with Crippen LogP contribution in [0.25, 0.3) is 0 Å². The van der Waals surface area contributed by atoms with E-state index in [0.717, 1.165) is 0 Å². The highest BCUT2D eigenvalue weighted by atomic mass is 79.9. The number of benzene rings is 3. The van der Waals surface area contributed by atoms with Crippen LogP contribution in [0.4, 0.5) is 5.69 Å². The van der Waals surface area contributed by atoms with Crippen LogP contribution in [0.1, 0.15) is 17.3 Å². The van der Waals surface area contributed by atoms with Crippen molar-refractivity contribution in [2.45, 2.75) is 11.8 Å². The minimum Gasteiger partial charge on any atom is -0.455 e. The van der Waals surface area contributed by atoms with Crippen molar-refractivity contribution < 1.29 is 22.7 Å². The molecule has 3 aromatic carbocycles. The van der Waals surface area contributed by atoms with Crippen molar-refractivity contribution in [1.82, 2.24) is 4.31 Å². The molecular formula is C22H19BrN2O5S. The number of fused-ring (bicyclic) bond motifs is 2. The lowest BCUT2D eigenvalue weighted by atomic mass is 10.1. The van der Waals surface area contributed by atoms with E-state index in [2.05, 4.69) is 21.2 Å². The number of para-hydroxylation sites is 3. The largest absolute Gasteiger partial charge is 0.455 e. The molecule has 1 aliphatic heterocycles. The zero-order valence-electron chi connectivity index (χ0n) is 16.8. The summed E-state index contributed by atoms with van der Waals surface area (Å²) in [7, 11) is -2.46. The summed E-state index contributed by atoms with van der Waals surface area (Å²) in [4.78, 5) is 12.7. The Labute approximate surface area is 188 Å². The second-order valence-corrected chi connectivity index (χ2v) is 9.67. The number of ether oxygens (including phenoxy) is 2. The van der Waals surface area contributed by atoms with Gasteiger partial charge in [0, 0.05) is 19.7 Å². The molecule has 0 spiro atoms. The second kappa shape index (κ2) is 8.33. The Morgan fingerprint density at radius 2 is 1.74 bits per heavy atom. The third-order valence-electron chi connectivity index (χ3n) is 4.84. The smallest absolute Gasteiger partial charge is 0.259 e. The Bertz CT molecular complexity index is 1280. The lowest BCUT2D eigenvalue weighted by molar-refractivity contribution is 0.102. The number of hydrogen-bond acceptors (Lipinski definition) is 5. The lowest BCUT2D eigenvalue weighted by Crippen LogP contribution is -2.27. The Hall–Kier alpha value is -2.88. The molecule has 0 fully saturated rings. The molecule has 0 saturated carbocycles. The van der Waals surface area contributed by atoms with Gasteiger partial charge in [-0.05, 0) is 46.3 Å². The third kappa shape index (κ3) is 4.04. The van der Waals surface area contributed by atoms with E-state index >= 15 is 0 Å². The number of hydrogen-bond donors (Lipinski definition) is 1. The summed E-state index contributed by atoms with van der Waals surface area (Å²) < 4.78 is 40.2. The van der Waals surface area contributed by atoms with E-state index in [1.165, 1.54) is 23.5 Å². The van der Waals surface area contributed by atoms with E-state index in [1.807, 2.05) is 6.07 Å². The zero-order valence-corrected chi connectivity index (χ0v) is 19.2. The molecule has 1 amide bonds. The van der Waals surface area contributed by atoms with Crippen molar-refractivity contribution >= 4 is 37.5 Å². The second-order valence-electron chi connectivity index (χ2n) is 6.80. The molecule has 0 saturated heterocycles. The quantitative estimate of drug-likeness (QED) is 0.515. The topological polar surface area (TPSA) is 84.9 Å². The first-order valence-electron chi connectivity index (χ1n) is 9.46. The molecule has 1 aliphatic rings. The fourth-order valence-electron chi connectivity index (χ4n) is 3.04. The van der Waals surface area contributed by atoms with Gasteiger partial charge < -0.3 is 14.8 Å². The van der Waals surface area contributed by atoms with Gasteiger partial charge in [0.1, 0.15) is 16.4 Å². The number of rotatable bonds is 5. The number of amides is 1. The maximum atomic E-state index is 13.2. The van der Waals surface area contributed by atoms with Crippen LogP contribution in [-0.2, 0) is 10.0 Å². The standard InChI is InChI=1S/C22H19BrN2O5S/c1-3-25(2)31(27,28)21-12-14-19(13-20(21)29-17-10-6-4-8-15(17)23)30-18-11-7-5-9-16(18)24-22(14)26/h4-13H,3H2,1-2H3,(H,24,26). The molecule has 9 heteroatoms. The van der Waals surface area contributed by atoms with E-state index < -0.39 is 15.9 Å². The van der Waals surface area contributed by atoms with Gasteiger partial charge >= 0.3 is 0 Å². The van der Waals surface area contributed by atoms with Gasteiger partial charge in [-0.3, -0.25) is 4.79 Å². The van der Waals surface area contributed by atoms with Crippen LogP contribution in [0.15, 0.2) is 70.0 Å². The van der Waals surface area contributed by atoms with Crippen LogP contribution in [0.3, 0.4) is 0 Å². The number of carbonyl (C=O) groups is 1. The number of carbonyl (C=O) groups excluding carboxylic acids is 1. The van der Waals surface area contributed by atoms with Crippen LogP contribution < -0.4 is 14.8 Å². The Balaban J connectivity index is 1.92. The number of anilines is 1. The summed E-state index contributed by atoms with van der Waals surface area (Å²) >= 11 is 3.41. The molecule has 0 radical (unpaired) electrons. The highest BCUT2D eigenvalue weighted by Crippen LogP contribution is 2.42. The van der Waals surface area contributed by atoms with Crippen molar-refractivity contribution in [3.8, 4) is 23.0 Å². The number of nitrogens with zero attached hydrogens (tertiary/aromatic N) is 1. The molecule has 3 aromatic rings. The van der Waals surface area contributed by atoms with Gasteiger partial charge in [0.05, 0.1) is 15.7 Å². The van der Waals surface area contributed by atoms with Crippen LogP contribution in [-0.4, -0.2) is 32.2 Å². The highest BCUT2D eigenvalue weighted by molar-refractivity contribution is 9.10. The first kappa shape index (κ1) is 21.4. The van der Waals surface area contributed by atoms with Crippen LogP contribution in [0, 0.1) is 0 Å². The molecule has 1 N–H and O–H groups in total. The van der Waals surface area contributed by atoms with Gasteiger partial charge in [-0.2, -0.15) is 0 Å². The fraction of sp³-hybridized carbons (Fsp3) is 0.136. The SMILES string of the molecule is CCN(C)S(=O)(=O)c1cc2c(cc1Oc1ccccc1Br)Oc1ccccc1NC2=O. The fourth-order valence-corrected chi connectivity index (χ4v) is 4.70. The predicted molar refractivity (Wildman–Crippen MR) is 121 cm³/mol. The molecule has 31 heavy (non-hydrogen) atoms. The first-order chi connectivity index (χ1) is 14.8. The average molecular weight is 503 g/mol. The average Bonchev–Trinajstić information content (AvgIpc) is 2.89. The lowest BCUT2D eigenvalue weighted by Gasteiger charge is -2.20. The molecule has 0 unspecified atom stereocenters. The number of sulfonamides is 1. The minimum atomic E-state index is -3.93. The Kier molecular flexibility index (Phi) is 5.74. The van der Waals surface area contributed by atoms with E-state index in [0.29, 0.717) is 21.7 Å². The summed E-state index contributed by atoms with van der Waals surface area (Å²) in [5, 5.41) is 2.76. The summed E-state index contributed by atoms with van der Waals surface area (Å²) in [6.45, 7) is 1.98. The minimum absolute atomic E-state index is 0.0538. The molecule has 0 bridgehead atoms. The Morgan fingerprint density at radius 1 is 1.03 bits per heavy atom. The first-order valence-corrected chi connectivity index (χ1v) is 11.7. The van der Waals surface area contributed by atoms with Crippen LogP contribution in [0.2, 0.25) is 0 Å². The summed E-state index contributed by atoms with van der Waals surface area (Å²) in [5.74, 6) is 0.656. The van der Waals surface area contributed by atoms with Crippen LogP contribution >= 0.6 is 15.9 Å². The van der Waals surface area contributed by atoms with Gasteiger partial charge in [0.15, 0.2) is 11.5 Å². The van der Waals surface area contributed by atoms with Crippen molar-refractivity contribution in [2.75, 3.05) is 18.9 Å². The zero-order chi connectivity index (χ0) is 22.2. The van der Waals surface area contributed by atoms with E-state index in [-0.39, 0.29) is 28.5 Å². The molecule has 160 valence electrons. The summed E-state index contributed by atoms with van der Waals surface area (Å²) in [6.07, 6.45) is 0. The van der Waals surface area contributed by atoms with E-state index in [1.54, 1.807) is 49.4 Å². The van der Waals surface area contributed by atoms with Gasteiger partial charge in [0.25, 0.3) is 5.91 Å². The molecule has 7 nitrogen and oxygen atoms in total. The van der Waals surface area contributed by atoms with E-state index in [4.69, 9.17) is 9.47 Å². The maximum Gasteiger partial charge on any atom is 0.259 e. The normalized spacial score (nSPS) is 13.0. The summed E-state index contributed by atoms with van der Waals surface area (Å²) in [5.41, 5.74) is 0.589. The Morgan fingerprint density at radius 3 is 2.48 bits per heavy atom. The van der Waals surface area contributed by atoms with Crippen molar-refractivity contribution in [3.63, 3.8) is 0 Å². The highest BCUT2D eigenvalue weighted by Gasteiger charge is 2.30. The van der Waals surface area contributed by atoms with Crippen molar-refractivity contribution in [1.29, 1.82) is 0 Å². The molecule has 0 atom stereocenters. The van der Waals surface area contributed by atoms with Crippen molar-refractivity contribution in [3.05, 3.63) is 70.7 Å². The molecule has 1 heterocycles. The molecule has 0 aliphatic carbocycles. The monoisotopic (exact) mass is 502 g/mol. The number of nitrogens with one attached hydrogen (secondary N) is 1. The van der Waals surface area contributed by atoms with Crippen LogP contribution in [0.5, 0.6) is 23.0 Å². The van der Waals surface area contributed by atoms with Gasteiger partial charge in [-0.15, -0.1) is 0 Å². The molecule has 0 aromatic heterocycles.